The van der Waals surface area contributed by atoms with Gasteiger partial charge in [-0.15, -0.1) is 11.6 Å². The van der Waals surface area contributed by atoms with E-state index in [4.69, 9.17) is 32.7 Å². The Morgan fingerprint density at radius 1 is 1.05 bits per heavy atom. The van der Waals surface area contributed by atoms with Crippen LogP contribution in [0.5, 0.6) is 11.5 Å². The van der Waals surface area contributed by atoms with E-state index in [1.54, 1.807) is 20.3 Å². The smallest absolute Gasteiger partial charge is 0.162 e. The van der Waals surface area contributed by atoms with E-state index in [9.17, 15) is 0 Å². The molecule has 0 radical (unpaired) electrons. The highest BCUT2D eigenvalue weighted by Crippen LogP contribution is 2.41. The van der Waals surface area contributed by atoms with Gasteiger partial charge in [-0.2, -0.15) is 0 Å². The number of halogens is 3. The molecular weight excluding hydrogens is 375 g/mol. The van der Waals surface area contributed by atoms with E-state index in [0.29, 0.717) is 16.5 Å². The van der Waals surface area contributed by atoms with Gasteiger partial charge >= 0.3 is 0 Å². The summed E-state index contributed by atoms with van der Waals surface area (Å²) in [5, 5.41) is 0.179. The SMILES string of the molecule is COc1cc(Cl)c(C(Cl)c2ccc(C)c(Br)c2)cc1OC. The van der Waals surface area contributed by atoms with Crippen molar-refractivity contribution in [3.05, 3.63) is 56.5 Å². The minimum Gasteiger partial charge on any atom is -0.493 e. The van der Waals surface area contributed by atoms with Gasteiger partial charge < -0.3 is 9.47 Å². The van der Waals surface area contributed by atoms with Crippen LogP contribution in [0.1, 0.15) is 22.1 Å². The first-order valence-electron chi connectivity index (χ1n) is 6.29. The van der Waals surface area contributed by atoms with Crippen molar-refractivity contribution >= 4 is 39.1 Å². The molecule has 0 heterocycles. The Morgan fingerprint density at radius 3 is 2.24 bits per heavy atom. The zero-order valence-electron chi connectivity index (χ0n) is 11.9. The van der Waals surface area contributed by atoms with Crippen LogP contribution in [0.3, 0.4) is 0 Å². The van der Waals surface area contributed by atoms with E-state index in [-0.39, 0.29) is 5.38 Å². The second-order valence-corrected chi connectivity index (χ2v) is 6.30. The van der Waals surface area contributed by atoms with Crippen molar-refractivity contribution in [2.75, 3.05) is 14.2 Å². The van der Waals surface area contributed by atoms with Crippen molar-refractivity contribution in [2.24, 2.45) is 0 Å². The van der Waals surface area contributed by atoms with Gasteiger partial charge in [0.2, 0.25) is 0 Å². The first kappa shape index (κ1) is 16.5. The molecule has 2 rings (SSSR count). The number of alkyl halides is 1. The Labute approximate surface area is 143 Å². The molecule has 0 aliphatic heterocycles. The fraction of sp³-hybridized carbons (Fsp3) is 0.250. The third-order valence-corrected chi connectivity index (χ3v) is 4.93. The average Bonchev–Trinajstić information content (AvgIpc) is 2.49. The third kappa shape index (κ3) is 3.47. The molecule has 0 saturated carbocycles. The molecule has 5 heteroatoms. The number of methoxy groups -OCH3 is 2. The molecule has 2 aromatic carbocycles. The Bertz CT molecular complexity index is 659. The minimum atomic E-state index is -0.366. The third-order valence-electron chi connectivity index (χ3n) is 3.26. The summed E-state index contributed by atoms with van der Waals surface area (Å²) in [5.74, 6) is 1.19. The van der Waals surface area contributed by atoms with Crippen LogP contribution in [0, 0.1) is 6.92 Å². The molecule has 0 fully saturated rings. The quantitative estimate of drug-likeness (QED) is 0.619. The van der Waals surface area contributed by atoms with Crippen molar-refractivity contribution in [1.82, 2.24) is 0 Å². The van der Waals surface area contributed by atoms with Gasteiger partial charge in [-0.3, -0.25) is 0 Å². The summed E-state index contributed by atoms with van der Waals surface area (Å²) in [4.78, 5) is 0. The van der Waals surface area contributed by atoms with E-state index in [0.717, 1.165) is 21.2 Å². The zero-order valence-corrected chi connectivity index (χ0v) is 15.0. The lowest BCUT2D eigenvalue weighted by molar-refractivity contribution is 0.354. The molecule has 0 bridgehead atoms. The topological polar surface area (TPSA) is 18.5 Å². The molecule has 0 N–H and O–H groups in total. The summed E-state index contributed by atoms with van der Waals surface area (Å²) in [6.07, 6.45) is 0. The summed E-state index contributed by atoms with van der Waals surface area (Å²) in [5.41, 5.74) is 2.90. The van der Waals surface area contributed by atoms with Gasteiger partial charge in [-0.05, 0) is 35.7 Å². The molecule has 112 valence electrons. The lowest BCUT2D eigenvalue weighted by atomic mass is 10.0. The van der Waals surface area contributed by atoms with Crippen LogP contribution in [0.2, 0.25) is 5.02 Å². The Balaban J connectivity index is 2.47. The van der Waals surface area contributed by atoms with Crippen LogP contribution in [0.15, 0.2) is 34.8 Å². The van der Waals surface area contributed by atoms with Gasteiger partial charge in [0.15, 0.2) is 11.5 Å². The van der Waals surface area contributed by atoms with Gasteiger partial charge in [0.05, 0.1) is 19.6 Å². The first-order valence-corrected chi connectivity index (χ1v) is 7.90. The maximum atomic E-state index is 6.58. The van der Waals surface area contributed by atoms with Crippen molar-refractivity contribution in [2.45, 2.75) is 12.3 Å². The lowest BCUT2D eigenvalue weighted by Crippen LogP contribution is -1.98. The molecule has 1 atom stereocenters. The highest BCUT2D eigenvalue weighted by Gasteiger charge is 2.18. The minimum absolute atomic E-state index is 0.366. The molecule has 21 heavy (non-hydrogen) atoms. The number of hydrogen-bond acceptors (Lipinski definition) is 2. The molecule has 0 aromatic heterocycles. The number of benzene rings is 2. The van der Waals surface area contributed by atoms with Crippen LogP contribution in [-0.2, 0) is 0 Å². The van der Waals surface area contributed by atoms with Gasteiger partial charge in [-0.25, -0.2) is 0 Å². The summed E-state index contributed by atoms with van der Waals surface area (Å²) < 4.78 is 11.6. The van der Waals surface area contributed by atoms with Gasteiger partial charge in [0, 0.05) is 15.6 Å². The Morgan fingerprint density at radius 2 is 1.67 bits per heavy atom. The standard InChI is InChI=1S/C16H15BrCl2O2/c1-9-4-5-10(6-12(9)17)16(19)11-7-14(20-2)15(21-3)8-13(11)18/h4-8,16H,1-3H3. The van der Waals surface area contributed by atoms with Crippen molar-refractivity contribution in [3.8, 4) is 11.5 Å². The predicted molar refractivity (Wildman–Crippen MR) is 91.1 cm³/mol. The van der Waals surface area contributed by atoms with Crippen molar-refractivity contribution < 1.29 is 9.47 Å². The Hall–Kier alpha value is -0.900. The molecule has 2 aromatic rings. The molecule has 0 aliphatic carbocycles. The van der Waals surface area contributed by atoms with Crippen LogP contribution < -0.4 is 9.47 Å². The molecular formula is C16H15BrCl2O2. The number of hydrogen-bond donors (Lipinski definition) is 0. The van der Waals surface area contributed by atoms with E-state index in [1.807, 2.05) is 31.2 Å². The molecule has 0 saturated heterocycles. The molecule has 1 unspecified atom stereocenters. The second kappa shape index (κ2) is 6.91. The largest absolute Gasteiger partial charge is 0.493 e. The van der Waals surface area contributed by atoms with E-state index >= 15 is 0 Å². The lowest BCUT2D eigenvalue weighted by Gasteiger charge is -2.16. The summed E-state index contributed by atoms with van der Waals surface area (Å²) in [6.45, 7) is 2.03. The highest BCUT2D eigenvalue weighted by atomic mass is 79.9. The summed E-state index contributed by atoms with van der Waals surface area (Å²) >= 11 is 16.4. The fourth-order valence-corrected chi connectivity index (χ4v) is 3.04. The van der Waals surface area contributed by atoms with Crippen LogP contribution in [0.25, 0.3) is 0 Å². The monoisotopic (exact) mass is 388 g/mol. The van der Waals surface area contributed by atoms with Gasteiger partial charge in [0.1, 0.15) is 0 Å². The summed E-state index contributed by atoms with van der Waals surface area (Å²) in [6, 6.07) is 9.54. The van der Waals surface area contributed by atoms with Crippen molar-refractivity contribution in [3.63, 3.8) is 0 Å². The predicted octanol–water partition coefficient (Wildman–Crippen LogP) is 5.76. The summed E-state index contributed by atoms with van der Waals surface area (Å²) in [7, 11) is 3.16. The number of rotatable bonds is 4. The van der Waals surface area contributed by atoms with Gasteiger partial charge in [0.25, 0.3) is 0 Å². The highest BCUT2D eigenvalue weighted by molar-refractivity contribution is 9.10. The van der Waals surface area contributed by atoms with Crippen LogP contribution in [0.4, 0.5) is 0 Å². The normalized spacial score (nSPS) is 12.1. The van der Waals surface area contributed by atoms with E-state index in [2.05, 4.69) is 15.9 Å². The maximum Gasteiger partial charge on any atom is 0.162 e. The van der Waals surface area contributed by atoms with E-state index in [1.165, 1.54) is 0 Å². The molecule has 0 spiro atoms. The molecule has 2 nitrogen and oxygen atoms in total. The van der Waals surface area contributed by atoms with E-state index < -0.39 is 0 Å². The molecule has 0 amide bonds. The number of ether oxygens (including phenoxy) is 2. The average molecular weight is 390 g/mol. The maximum absolute atomic E-state index is 6.58. The number of aryl methyl sites for hydroxylation is 1. The van der Waals surface area contributed by atoms with Crippen LogP contribution in [-0.4, -0.2) is 14.2 Å². The zero-order chi connectivity index (χ0) is 15.6. The van der Waals surface area contributed by atoms with Gasteiger partial charge in [-0.1, -0.05) is 39.7 Å². The molecule has 0 aliphatic rings. The fourth-order valence-electron chi connectivity index (χ4n) is 2.01. The second-order valence-electron chi connectivity index (χ2n) is 4.60. The first-order chi connectivity index (χ1) is 9.97. The Kier molecular flexibility index (Phi) is 5.42. The van der Waals surface area contributed by atoms with Crippen LogP contribution >= 0.6 is 39.1 Å². The van der Waals surface area contributed by atoms with Crippen molar-refractivity contribution in [1.29, 1.82) is 0 Å².